The fourth-order valence-corrected chi connectivity index (χ4v) is 2.14. The highest BCUT2D eigenvalue weighted by Crippen LogP contribution is 2.27. The minimum absolute atomic E-state index is 0.00197. The molecule has 1 aromatic rings. The van der Waals surface area contributed by atoms with E-state index in [9.17, 15) is 4.79 Å². The molecule has 0 bridgehead atoms. The van der Waals surface area contributed by atoms with Gasteiger partial charge in [-0.1, -0.05) is 17.7 Å². The van der Waals surface area contributed by atoms with Crippen molar-refractivity contribution in [3.63, 3.8) is 0 Å². The van der Waals surface area contributed by atoms with Crippen LogP contribution in [0.1, 0.15) is 18.4 Å². The van der Waals surface area contributed by atoms with Gasteiger partial charge < -0.3 is 15.0 Å². The van der Waals surface area contributed by atoms with Gasteiger partial charge in [-0.3, -0.25) is 4.79 Å². The van der Waals surface area contributed by atoms with Crippen molar-refractivity contribution in [3.8, 4) is 5.75 Å². The van der Waals surface area contributed by atoms with Gasteiger partial charge >= 0.3 is 0 Å². The van der Waals surface area contributed by atoms with Crippen molar-refractivity contribution in [1.29, 1.82) is 0 Å². The minimum Gasteiger partial charge on any atom is -0.482 e. The fourth-order valence-electron chi connectivity index (χ4n) is 1.88. The standard InChI is InChI=1S/C14H19ClN2O2/c1-16-8-10-3-6-13(12(15)7-10)19-9-14(18)17(2)11-4-5-11/h3,6-7,11,16H,4-5,8-9H2,1-2H3. The van der Waals surface area contributed by atoms with Gasteiger partial charge in [0, 0.05) is 19.6 Å². The third-order valence-electron chi connectivity index (χ3n) is 3.22. The molecule has 0 radical (unpaired) electrons. The number of ether oxygens (including phenoxy) is 1. The molecule has 0 atom stereocenters. The van der Waals surface area contributed by atoms with Gasteiger partial charge in [0.2, 0.25) is 0 Å². The fraction of sp³-hybridized carbons (Fsp3) is 0.500. The summed E-state index contributed by atoms with van der Waals surface area (Å²) in [6, 6.07) is 6.00. The number of rotatable bonds is 6. The van der Waals surface area contributed by atoms with Crippen LogP contribution < -0.4 is 10.1 Å². The smallest absolute Gasteiger partial charge is 0.260 e. The molecule has 104 valence electrons. The third-order valence-corrected chi connectivity index (χ3v) is 3.51. The molecule has 0 aliphatic heterocycles. The van der Waals surface area contributed by atoms with Gasteiger partial charge in [0.05, 0.1) is 5.02 Å². The van der Waals surface area contributed by atoms with Crippen molar-refractivity contribution in [2.45, 2.75) is 25.4 Å². The first kappa shape index (κ1) is 14.2. The van der Waals surface area contributed by atoms with Gasteiger partial charge in [0.15, 0.2) is 6.61 Å². The third kappa shape index (κ3) is 3.85. The Hall–Kier alpha value is -1.26. The van der Waals surface area contributed by atoms with Crippen LogP contribution in [0.2, 0.25) is 5.02 Å². The number of nitrogens with zero attached hydrogens (tertiary/aromatic N) is 1. The average Bonchev–Trinajstić information content (AvgIpc) is 3.21. The monoisotopic (exact) mass is 282 g/mol. The van der Waals surface area contributed by atoms with Crippen LogP contribution in [0.15, 0.2) is 18.2 Å². The number of hydrogen-bond acceptors (Lipinski definition) is 3. The van der Waals surface area contributed by atoms with Crippen molar-refractivity contribution in [3.05, 3.63) is 28.8 Å². The molecule has 0 unspecified atom stereocenters. The number of hydrogen-bond donors (Lipinski definition) is 1. The molecule has 1 fully saturated rings. The van der Waals surface area contributed by atoms with Crippen molar-refractivity contribution >= 4 is 17.5 Å². The molecular weight excluding hydrogens is 264 g/mol. The van der Waals surface area contributed by atoms with Crippen LogP contribution in [-0.2, 0) is 11.3 Å². The molecule has 0 heterocycles. The lowest BCUT2D eigenvalue weighted by atomic mass is 10.2. The van der Waals surface area contributed by atoms with E-state index in [-0.39, 0.29) is 12.5 Å². The van der Waals surface area contributed by atoms with E-state index < -0.39 is 0 Å². The largest absolute Gasteiger partial charge is 0.482 e. The molecule has 5 heteroatoms. The molecule has 0 aromatic heterocycles. The van der Waals surface area contributed by atoms with Gasteiger partial charge in [-0.05, 0) is 37.6 Å². The zero-order valence-electron chi connectivity index (χ0n) is 11.3. The first-order valence-corrected chi connectivity index (χ1v) is 6.81. The van der Waals surface area contributed by atoms with E-state index in [1.807, 2.05) is 26.2 Å². The van der Waals surface area contributed by atoms with Crippen molar-refractivity contribution < 1.29 is 9.53 Å². The van der Waals surface area contributed by atoms with Crippen LogP contribution >= 0.6 is 11.6 Å². The summed E-state index contributed by atoms with van der Waals surface area (Å²) in [4.78, 5) is 13.6. The molecule has 0 saturated heterocycles. The van der Waals surface area contributed by atoms with Gasteiger partial charge in [-0.2, -0.15) is 0 Å². The number of likely N-dealkylation sites (N-methyl/N-ethyl adjacent to an activating group) is 1. The number of amides is 1. The molecule has 1 aliphatic carbocycles. The van der Waals surface area contributed by atoms with Crippen molar-refractivity contribution in [2.24, 2.45) is 0 Å². The first-order valence-electron chi connectivity index (χ1n) is 6.43. The zero-order valence-corrected chi connectivity index (χ0v) is 12.0. The Labute approximate surface area is 118 Å². The normalized spacial score (nSPS) is 14.3. The Kier molecular flexibility index (Phi) is 4.66. The summed E-state index contributed by atoms with van der Waals surface area (Å²) in [6.07, 6.45) is 2.20. The summed E-state index contributed by atoms with van der Waals surface area (Å²) in [5, 5.41) is 3.59. The molecule has 1 amide bonds. The Morgan fingerprint density at radius 2 is 2.26 bits per heavy atom. The highest BCUT2D eigenvalue weighted by molar-refractivity contribution is 6.32. The predicted octanol–water partition coefficient (Wildman–Crippen LogP) is 2.06. The Balaban J connectivity index is 1.90. The lowest BCUT2D eigenvalue weighted by Gasteiger charge is -2.17. The van der Waals surface area contributed by atoms with E-state index in [0.29, 0.717) is 16.8 Å². The molecule has 1 saturated carbocycles. The summed E-state index contributed by atoms with van der Waals surface area (Å²) >= 11 is 6.13. The number of nitrogens with one attached hydrogen (secondary N) is 1. The second kappa shape index (κ2) is 6.26. The lowest BCUT2D eigenvalue weighted by molar-refractivity contribution is -0.132. The summed E-state index contributed by atoms with van der Waals surface area (Å²) < 4.78 is 5.49. The van der Waals surface area contributed by atoms with Crippen LogP contribution in [0.4, 0.5) is 0 Å². The quantitative estimate of drug-likeness (QED) is 0.868. The highest BCUT2D eigenvalue weighted by atomic mass is 35.5. The molecule has 1 aromatic carbocycles. The summed E-state index contributed by atoms with van der Waals surface area (Å²) in [5.41, 5.74) is 1.08. The number of carbonyl (C=O) groups is 1. The molecule has 2 rings (SSSR count). The maximum absolute atomic E-state index is 11.8. The Bertz CT molecular complexity index is 461. The van der Waals surface area contributed by atoms with E-state index in [0.717, 1.165) is 24.9 Å². The van der Waals surface area contributed by atoms with Gasteiger partial charge in [0.1, 0.15) is 5.75 Å². The van der Waals surface area contributed by atoms with E-state index >= 15 is 0 Å². The summed E-state index contributed by atoms with van der Waals surface area (Å²) in [5.74, 6) is 0.553. The summed E-state index contributed by atoms with van der Waals surface area (Å²) in [6.45, 7) is 0.793. The highest BCUT2D eigenvalue weighted by Gasteiger charge is 2.29. The van der Waals surface area contributed by atoms with Crippen LogP contribution in [0.5, 0.6) is 5.75 Å². The molecule has 19 heavy (non-hydrogen) atoms. The molecular formula is C14H19ClN2O2. The lowest BCUT2D eigenvalue weighted by Crippen LogP contribution is -2.33. The van der Waals surface area contributed by atoms with E-state index in [1.165, 1.54) is 0 Å². The number of halogens is 1. The van der Waals surface area contributed by atoms with Gasteiger partial charge in [0.25, 0.3) is 5.91 Å². The van der Waals surface area contributed by atoms with Crippen LogP contribution in [0.3, 0.4) is 0 Å². The first-order chi connectivity index (χ1) is 9.11. The van der Waals surface area contributed by atoms with E-state index in [2.05, 4.69) is 5.32 Å². The molecule has 1 N–H and O–H groups in total. The second-order valence-corrected chi connectivity index (χ2v) is 5.23. The number of carbonyl (C=O) groups excluding carboxylic acids is 1. The average molecular weight is 283 g/mol. The summed E-state index contributed by atoms with van der Waals surface area (Å²) in [7, 11) is 3.70. The maximum Gasteiger partial charge on any atom is 0.260 e. The van der Waals surface area contributed by atoms with E-state index in [4.69, 9.17) is 16.3 Å². The SMILES string of the molecule is CNCc1ccc(OCC(=O)N(C)C2CC2)c(Cl)c1. The maximum atomic E-state index is 11.8. The van der Waals surface area contributed by atoms with Crippen molar-refractivity contribution in [1.82, 2.24) is 10.2 Å². The van der Waals surface area contributed by atoms with Crippen LogP contribution in [0.25, 0.3) is 0 Å². The molecule has 0 spiro atoms. The topological polar surface area (TPSA) is 41.6 Å². The predicted molar refractivity (Wildman–Crippen MR) is 75.5 cm³/mol. The van der Waals surface area contributed by atoms with E-state index in [1.54, 1.807) is 11.0 Å². The van der Waals surface area contributed by atoms with Crippen LogP contribution in [0, 0.1) is 0 Å². The van der Waals surface area contributed by atoms with Crippen molar-refractivity contribution in [2.75, 3.05) is 20.7 Å². The zero-order chi connectivity index (χ0) is 13.8. The van der Waals surface area contributed by atoms with Crippen LogP contribution in [-0.4, -0.2) is 37.6 Å². The Morgan fingerprint density at radius 3 is 2.84 bits per heavy atom. The van der Waals surface area contributed by atoms with Gasteiger partial charge in [-0.15, -0.1) is 0 Å². The second-order valence-electron chi connectivity index (χ2n) is 4.82. The molecule has 4 nitrogen and oxygen atoms in total. The molecule has 1 aliphatic rings. The van der Waals surface area contributed by atoms with Gasteiger partial charge in [-0.25, -0.2) is 0 Å². The Morgan fingerprint density at radius 1 is 1.53 bits per heavy atom. The minimum atomic E-state index is -0.00197. The number of benzene rings is 1.